The number of nitrogens with one attached hydrogen (secondary N) is 5. The molecule has 31 heavy (non-hydrogen) atoms. The van der Waals surface area contributed by atoms with Crippen LogP contribution < -0.4 is 27.0 Å². The standard InChI is InChI=1S/C20H24F3N7O/c1-26-16-14(6-4-7-20(16,22)23)28-19-12(21)9-11(17(25)31)18(30-19)29-15(10-24)13-5-2-3-8-27-13/h2-3,5,8-10,14,16,24,26-27H,4,6-7H2,1H3,(H2,25,31)(H2,28,29,30)/b15-13+,24-10?/t14?,16-/m1/s1. The number of allylic oxidation sites excluding steroid dienone is 4. The monoisotopic (exact) mass is 435 g/mol. The van der Waals surface area contributed by atoms with Crippen molar-refractivity contribution in [2.75, 3.05) is 17.7 Å². The molecule has 0 aromatic carbocycles. The van der Waals surface area contributed by atoms with E-state index in [0.29, 0.717) is 12.1 Å². The highest BCUT2D eigenvalue weighted by Crippen LogP contribution is 2.35. The van der Waals surface area contributed by atoms with E-state index in [9.17, 15) is 18.0 Å². The van der Waals surface area contributed by atoms with Crippen LogP contribution in [-0.2, 0) is 0 Å². The van der Waals surface area contributed by atoms with Crippen molar-refractivity contribution in [2.24, 2.45) is 5.73 Å². The van der Waals surface area contributed by atoms with Crippen molar-refractivity contribution in [3.63, 3.8) is 0 Å². The summed E-state index contributed by atoms with van der Waals surface area (Å²) in [5, 5.41) is 18.7. The highest BCUT2D eigenvalue weighted by Gasteiger charge is 2.46. The van der Waals surface area contributed by atoms with Gasteiger partial charge in [-0.2, -0.15) is 0 Å². The summed E-state index contributed by atoms with van der Waals surface area (Å²) < 4.78 is 43.2. The first-order chi connectivity index (χ1) is 14.8. The van der Waals surface area contributed by atoms with Crippen molar-refractivity contribution in [1.82, 2.24) is 15.6 Å². The Hall–Kier alpha value is -3.34. The lowest BCUT2D eigenvalue weighted by atomic mass is 9.87. The number of alkyl halides is 2. The predicted molar refractivity (Wildman–Crippen MR) is 113 cm³/mol. The van der Waals surface area contributed by atoms with Crippen LogP contribution in [0.2, 0.25) is 0 Å². The third-order valence-corrected chi connectivity index (χ3v) is 5.15. The number of hydrogen-bond donors (Lipinski definition) is 6. The van der Waals surface area contributed by atoms with Crippen molar-refractivity contribution >= 4 is 23.8 Å². The lowest BCUT2D eigenvalue weighted by Gasteiger charge is -2.38. The molecule has 2 heterocycles. The van der Waals surface area contributed by atoms with Gasteiger partial charge in [0, 0.05) is 24.9 Å². The number of likely N-dealkylation sites (N-methyl/N-ethyl adjacent to an activating group) is 1. The minimum atomic E-state index is -2.96. The number of halogens is 3. The highest BCUT2D eigenvalue weighted by molar-refractivity contribution is 5.99. The van der Waals surface area contributed by atoms with Crippen molar-refractivity contribution in [3.05, 3.63) is 53.3 Å². The largest absolute Gasteiger partial charge is 0.365 e. The molecule has 1 saturated carbocycles. The lowest BCUT2D eigenvalue weighted by molar-refractivity contribution is -0.0654. The van der Waals surface area contributed by atoms with Gasteiger partial charge in [0.15, 0.2) is 11.6 Å². The van der Waals surface area contributed by atoms with Crippen molar-refractivity contribution in [3.8, 4) is 0 Å². The average molecular weight is 435 g/mol. The van der Waals surface area contributed by atoms with Gasteiger partial charge in [0.25, 0.3) is 11.8 Å². The van der Waals surface area contributed by atoms with Gasteiger partial charge in [-0.25, -0.2) is 18.2 Å². The number of dihydropyridines is 1. The Balaban J connectivity index is 1.96. The minimum absolute atomic E-state index is 0.101. The Bertz CT molecular complexity index is 958. The van der Waals surface area contributed by atoms with Gasteiger partial charge < -0.3 is 32.4 Å². The smallest absolute Gasteiger partial charge is 0.265 e. The molecule has 166 valence electrons. The molecule has 2 aliphatic rings. The first-order valence-electron chi connectivity index (χ1n) is 9.70. The van der Waals surface area contributed by atoms with Gasteiger partial charge in [0.2, 0.25) is 0 Å². The first-order valence-corrected chi connectivity index (χ1v) is 9.70. The van der Waals surface area contributed by atoms with E-state index in [4.69, 9.17) is 11.1 Å². The fourth-order valence-electron chi connectivity index (χ4n) is 3.66. The third-order valence-electron chi connectivity index (χ3n) is 5.15. The number of nitrogens with two attached hydrogens (primary N) is 1. The molecule has 1 amide bonds. The molecule has 0 saturated heterocycles. The van der Waals surface area contributed by atoms with Gasteiger partial charge in [-0.15, -0.1) is 0 Å². The van der Waals surface area contributed by atoms with Gasteiger partial charge in [-0.1, -0.05) is 6.08 Å². The van der Waals surface area contributed by atoms with Crippen LogP contribution in [0.25, 0.3) is 0 Å². The topological polar surface area (TPSA) is 128 Å². The molecule has 1 fully saturated rings. The number of carbonyl (C=O) groups is 1. The molecule has 1 aliphatic heterocycles. The van der Waals surface area contributed by atoms with Crippen LogP contribution in [0.5, 0.6) is 0 Å². The molecule has 0 spiro atoms. The molecule has 2 atom stereocenters. The molecule has 7 N–H and O–H groups in total. The van der Waals surface area contributed by atoms with Gasteiger partial charge in [0.1, 0.15) is 5.82 Å². The number of carbonyl (C=O) groups excluding carboxylic acids is 1. The Morgan fingerprint density at radius 2 is 2.16 bits per heavy atom. The van der Waals surface area contributed by atoms with E-state index in [2.05, 4.69) is 26.3 Å². The number of pyridine rings is 1. The third kappa shape index (κ3) is 4.88. The van der Waals surface area contributed by atoms with Crippen LogP contribution in [0.15, 0.2) is 41.9 Å². The summed E-state index contributed by atoms with van der Waals surface area (Å²) in [5.74, 6) is -5.18. The molecule has 3 rings (SSSR count). The number of rotatable bonds is 7. The molecule has 1 aliphatic carbocycles. The van der Waals surface area contributed by atoms with Crippen molar-refractivity contribution in [1.29, 1.82) is 5.41 Å². The maximum atomic E-state index is 14.7. The highest BCUT2D eigenvalue weighted by atomic mass is 19.3. The second-order valence-electron chi connectivity index (χ2n) is 7.21. The minimum Gasteiger partial charge on any atom is -0.365 e. The number of hydrogen-bond acceptors (Lipinski definition) is 7. The Kier molecular flexibility index (Phi) is 6.64. The molecule has 0 radical (unpaired) electrons. The first kappa shape index (κ1) is 22.3. The Labute approximate surface area is 177 Å². The van der Waals surface area contributed by atoms with Crippen LogP contribution in [0.4, 0.5) is 24.8 Å². The zero-order valence-electron chi connectivity index (χ0n) is 16.8. The molecule has 0 bridgehead atoms. The van der Waals surface area contributed by atoms with Crippen molar-refractivity contribution in [2.45, 2.75) is 37.3 Å². The Morgan fingerprint density at radius 1 is 1.39 bits per heavy atom. The van der Waals surface area contributed by atoms with Gasteiger partial charge >= 0.3 is 0 Å². The van der Waals surface area contributed by atoms with E-state index in [-0.39, 0.29) is 35.7 Å². The molecule has 1 aromatic rings. The number of aromatic nitrogens is 1. The van der Waals surface area contributed by atoms with Crippen LogP contribution in [-0.4, -0.2) is 42.2 Å². The summed E-state index contributed by atoms with van der Waals surface area (Å²) in [6.45, 7) is 0. The molecule has 1 unspecified atom stereocenters. The predicted octanol–water partition coefficient (Wildman–Crippen LogP) is 2.45. The second-order valence-corrected chi connectivity index (χ2v) is 7.21. The quantitative estimate of drug-likeness (QED) is 0.365. The van der Waals surface area contributed by atoms with Crippen LogP contribution in [0.1, 0.15) is 29.6 Å². The van der Waals surface area contributed by atoms with E-state index in [1.165, 1.54) is 7.05 Å². The number of nitrogens with zero attached hydrogens (tertiary/aromatic N) is 1. The Morgan fingerprint density at radius 3 is 2.77 bits per heavy atom. The maximum Gasteiger partial charge on any atom is 0.265 e. The summed E-state index contributed by atoms with van der Waals surface area (Å²) in [6.07, 6.45) is 8.19. The molecule has 1 aromatic heterocycles. The van der Waals surface area contributed by atoms with E-state index in [1.54, 1.807) is 24.4 Å². The zero-order chi connectivity index (χ0) is 22.6. The lowest BCUT2D eigenvalue weighted by Crippen LogP contribution is -2.56. The van der Waals surface area contributed by atoms with Crippen LogP contribution in [0, 0.1) is 11.2 Å². The number of amides is 1. The van der Waals surface area contributed by atoms with Crippen molar-refractivity contribution < 1.29 is 18.0 Å². The number of anilines is 2. The van der Waals surface area contributed by atoms with E-state index < -0.39 is 29.7 Å². The summed E-state index contributed by atoms with van der Waals surface area (Å²) >= 11 is 0. The zero-order valence-corrected chi connectivity index (χ0v) is 16.8. The average Bonchev–Trinajstić information content (AvgIpc) is 2.73. The fourth-order valence-corrected chi connectivity index (χ4v) is 3.66. The summed E-state index contributed by atoms with van der Waals surface area (Å²) in [4.78, 5) is 15.9. The fraction of sp³-hybridized carbons (Fsp3) is 0.350. The molecule has 8 nitrogen and oxygen atoms in total. The van der Waals surface area contributed by atoms with Crippen LogP contribution >= 0.6 is 0 Å². The molecular formula is C20H24F3N7O. The summed E-state index contributed by atoms with van der Waals surface area (Å²) in [5.41, 5.74) is 5.88. The molecular weight excluding hydrogens is 411 g/mol. The normalized spacial score (nSPS) is 23.6. The second kappa shape index (κ2) is 9.21. The van der Waals surface area contributed by atoms with Gasteiger partial charge in [0.05, 0.1) is 23.0 Å². The van der Waals surface area contributed by atoms with E-state index in [1.807, 2.05) is 0 Å². The summed E-state index contributed by atoms with van der Waals surface area (Å²) in [7, 11) is 1.42. The summed E-state index contributed by atoms with van der Waals surface area (Å²) in [6, 6.07) is -1.10. The SMILES string of the molecule is CN[C@@H]1C(Nc2nc(N/C(C=N)=C3\C=CC=CN3)c(C(N)=O)cc2F)CCCC1(F)F. The molecule has 11 heteroatoms. The van der Waals surface area contributed by atoms with Gasteiger partial charge in [-0.05, 0) is 38.1 Å². The van der Waals surface area contributed by atoms with E-state index >= 15 is 0 Å². The van der Waals surface area contributed by atoms with E-state index in [0.717, 1.165) is 12.3 Å². The maximum absolute atomic E-state index is 14.7. The number of primary amides is 1. The van der Waals surface area contributed by atoms with Gasteiger partial charge in [-0.3, -0.25) is 4.79 Å². The van der Waals surface area contributed by atoms with Crippen LogP contribution in [0.3, 0.4) is 0 Å².